The molecule has 0 spiro atoms. The van der Waals surface area contributed by atoms with Gasteiger partial charge in [-0.15, -0.1) is 0 Å². The van der Waals surface area contributed by atoms with Crippen molar-refractivity contribution in [1.29, 1.82) is 0 Å². The summed E-state index contributed by atoms with van der Waals surface area (Å²) < 4.78 is 33.3. The maximum absolute atomic E-state index is 14.0. The van der Waals surface area contributed by atoms with E-state index in [9.17, 15) is 13.6 Å². The highest BCUT2D eigenvalue weighted by molar-refractivity contribution is 9.10. The first kappa shape index (κ1) is 18.1. The Labute approximate surface area is 143 Å². The van der Waals surface area contributed by atoms with Gasteiger partial charge in [-0.3, -0.25) is 4.90 Å². The average molecular weight is 391 g/mol. The highest BCUT2D eigenvalue weighted by atomic mass is 79.9. The zero-order chi connectivity index (χ0) is 17.2. The van der Waals surface area contributed by atoms with Crippen LogP contribution in [0.3, 0.4) is 0 Å². The number of ether oxygens (including phenoxy) is 1. The summed E-state index contributed by atoms with van der Waals surface area (Å²) in [4.78, 5) is 13.7. The van der Waals surface area contributed by atoms with E-state index in [-0.39, 0.29) is 22.6 Å². The number of benzene rings is 1. The fourth-order valence-electron chi connectivity index (χ4n) is 2.51. The van der Waals surface area contributed by atoms with Crippen LogP contribution in [0.5, 0.6) is 0 Å². The molecule has 2 rings (SSSR count). The number of amides is 1. The third-order valence-electron chi connectivity index (χ3n) is 3.51. The summed E-state index contributed by atoms with van der Waals surface area (Å²) in [5, 5.41) is 2.79. The van der Waals surface area contributed by atoms with Crippen LogP contribution in [0.25, 0.3) is 0 Å². The number of nitrogens with zero attached hydrogens (tertiary/aromatic N) is 1. The lowest BCUT2D eigenvalue weighted by molar-refractivity contribution is 0.0505. The SMILES string of the molecule is CC(C)(C)OC(=O)NC1CCN(Cc2c(F)ccc(Br)c2F)C1. The number of carbonyl (C=O) groups excluding carboxylic acids is 1. The van der Waals surface area contributed by atoms with Crippen LogP contribution in [0.1, 0.15) is 32.8 Å². The molecule has 128 valence electrons. The molecule has 1 aliphatic heterocycles. The molecule has 1 unspecified atom stereocenters. The molecule has 1 atom stereocenters. The summed E-state index contributed by atoms with van der Waals surface area (Å²) >= 11 is 3.07. The average Bonchev–Trinajstić information content (AvgIpc) is 2.84. The minimum Gasteiger partial charge on any atom is -0.444 e. The highest BCUT2D eigenvalue weighted by Gasteiger charge is 2.27. The van der Waals surface area contributed by atoms with E-state index in [0.29, 0.717) is 13.1 Å². The zero-order valence-electron chi connectivity index (χ0n) is 13.5. The van der Waals surface area contributed by atoms with Crippen LogP contribution in [0.4, 0.5) is 13.6 Å². The van der Waals surface area contributed by atoms with Gasteiger partial charge >= 0.3 is 6.09 Å². The van der Waals surface area contributed by atoms with Crippen molar-refractivity contribution in [2.24, 2.45) is 0 Å². The molecule has 7 heteroatoms. The van der Waals surface area contributed by atoms with Crippen molar-refractivity contribution in [1.82, 2.24) is 10.2 Å². The van der Waals surface area contributed by atoms with Crippen molar-refractivity contribution in [3.8, 4) is 0 Å². The van der Waals surface area contributed by atoms with Crippen molar-refractivity contribution >= 4 is 22.0 Å². The van der Waals surface area contributed by atoms with Gasteiger partial charge in [0.1, 0.15) is 17.2 Å². The predicted octanol–water partition coefficient (Wildman–Crippen LogP) is 3.83. The standard InChI is InChI=1S/C16H21BrF2N2O2/c1-16(2,3)23-15(22)20-10-6-7-21(8-10)9-11-13(18)5-4-12(17)14(11)19/h4-5,10H,6-9H2,1-3H3,(H,20,22). The molecule has 0 aliphatic carbocycles. The van der Waals surface area contributed by atoms with Crippen LogP contribution in [-0.2, 0) is 11.3 Å². The molecule has 0 radical (unpaired) electrons. The van der Waals surface area contributed by atoms with Gasteiger partial charge in [0.2, 0.25) is 0 Å². The van der Waals surface area contributed by atoms with Gasteiger partial charge < -0.3 is 10.1 Å². The summed E-state index contributed by atoms with van der Waals surface area (Å²) in [5.41, 5.74) is -0.511. The van der Waals surface area contributed by atoms with Crippen LogP contribution in [0.15, 0.2) is 16.6 Å². The number of likely N-dealkylation sites (tertiary alicyclic amines) is 1. The van der Waals surface area contributed by atoms with Gasteiger partial charge in [0.15, 0.2) is 0 Å². The molecular formula is C16H21BrF2N2O2. The second-order valence-electron chi connectivity index (χ2n) is 6.69. The Kier molecular flexibility index (Phi) is 5.62. The molecule has 1 aromatic carbocycles. The number of hydrogen-bond acceptors (Lipinski definition) is 3. The number of rotatable bonds is 3. The Morgan fingerprint density at radius 3 is 2.78 bits per heavy atom. The fraction of sp³-hybridized carbons (Fsp3) is 0.562. The van der Waals surface area contributed by atoms with Crippen molar-refractivity contribution < 1.29 is 18.3 Å². The topological polar surface area (TPSA) is 41.6 Å². The Bertz CT molecular complexity index is 590. The van der Waals surface area contributed by atoms with Crippen molar-refractivity contribution in [2.75, 3.05) is 13.1 Å². The maximum Gasteiger partial charge on any atom is 0.407 e. The molecule has 0 saturated carbocycles. The molecule has 1 heterocycles. The van der Waals surface area contributed by atoms with Gasteiger partial charge in [-0.1, -0.05) is 0 Å². The molecule has 1 aliphatic rings. The fourth-order valence-corrected chi connectivity index (χ4v) is 2.88. The van der Waals surface area contributed by atoms with Gasteiger partial charge in [0.05, 0.1) is 4.47 Å². The minimum atomic E-state index is -0.575. The van der Waals surface area contributed by atoms with Crippen LogP contribution < -0.4 is 5.32 Å². The van der Waals surface area contributed by atoms with Crippen molar-refractivity contribution in [3.05, 3.63) is 33.8 Å². The molecule has 4 nitrogen and oxygen atoms in total. The zero-order valence-corrected chi connectivity index (χ0v) is 15.0. The molecule has 0 aromatic heterocycles. The quantitative estimate of drug-likeness (QED) is 0.797. The molecule has 1 fully saturated rings. The summed E-state index contributed by atoms with van der Waals surface area (Å²) in [6.07, 6.45) is 0.250. The van der Waals surface area contributed by atoms with E-state index in [4.69, 9.17) is 4.74 Å². The normalized spacial score (nSPS) is 19.0. The molecular weight excluding hydrogens is 370 g/mol. The van der Waals surface area contributed by atoms with Gasteiger partial charge in [-0.2, -0.15) is 0 Å². The number of halogens is 3. The summed E-state index contributed by atoms with van der Waals surface area (Å²) in [7, 11) is 0. The Balaban J connectivity index is 1.91. The monoisotopic (exact) mass is 390 g/mol. The Morgan fingerprint density at radius 2 is 2.13 bits per heavy atom. The lowest BCUT2D eigenvalue weighted by Crippen LogP contribution is -2.40. The van der Waals surface area contributed by atoms with E-state index in [2.05, 4.69) is 21.2 Å². The summed E-state index contributed by atoms with van der Waals surface area (Å²) in [6, 6.07) is 2.52. The van der Waals surface area contributed by atoms with Gasteiger partial charge in [0.25, 0.3) is 0 Å². The minimum absolute atomic E-state index is 0.0392. The molecule has 1 aromatic rings. The lowest BCUT2D eigenvalue weighted by Gasteiger charge is -2.22. The Hall–Kier alpha value is -1.21. The molecule has 1 N–H and O–H groups in total. The molecule has 0 bridgehead atoms. The smallest absolute Gasteiger partial charge is 0.407 e. The number of hydrogen-bond donors (Lipinski definition) is 1. The van der Waals surface area contributed by atoms with Crippen molar-refractivity contribution in [3.63, 3.8) is 0 Å². The van der Waals surface area contributed by atoms with E-state index in [1.807, 2.05) is 4.90 Å². The molecule has 1 amide bonds. The first-order valence-corrected chi connectivity index (χ1v) is 8.29. The number of carbonyl (C=O) groups is 1. The summed E-state index contributed by atoms with van der Waals surface area (Å²) in [5.74, 6) is -1.14. The van der Waals surface area contributed by atoms with Gasteiger partial charge in [-0.05, 0) is 55.3 Å². The highest BCUT2D eigenvalue weighted by Crippen LogP contribution is 2.24. The number of alkyl carbamates (subject to hydrolysis) is 1. The van der Waals surface area contributed by atoms with E-state index < -0.39 is 23.3 Å². The van der Waals surface area contributed by atoms with E-state index in [1.165, 1.54) is 12.1 Å². The first-order chi connectivity index (χ1) is 10.7. The van der Waals surface area contributed by atoms with Crippen LogP contribution in [-0.4, -0.2) is 35.7 Å². The van der Waals surface area contributed by atoms with Crippen molar-refractivity contribution in [2.45, 2.75) is 45.4 Å². The predicted molar refractivity (Wildman–Crippen MR) is 87.1 cm³/mol. The second kappa shape index (κ2) is 7.13. The second-order valence-corrected chi connectivity index (χ2v) is 7.54. The van der Waals surface area contributed by atoms with E-state index >= 15 is 0 Å². The summed E-state index contributed by atoms with van der Waals surface area (Å²) in [6.45, 7) is 6.76. The van der Waals surface area contributed by atoms with Crippen LogP contribution >= 0.6 is 15.9 Å². The van der Waals surface area contributed by atoms with Gasteiger partial charge in [-0.25, -0.2) is 13.6 Å². The first-order valence-electron chi connectivity index (χ1n) is 7.50. The van der Waals surface area contributed by atoms with E-state index in [0.717, 1.165) is 6.42 Å². The van der Waals surface area contributed by atoms with Crippen LogP contribution in [0, 0.1) is 11.6 Å². The third kappa shape index (κ3) is 5.14. The Morgan fingerprint density at radius 1 is 1.43 bits per heavy atom. The van der Waals surface area contributed by atoms with E-state index in [1.54, 1.807) is 20.8 Å². The third-order valence-corrected chi connectivity index (χ3v) is 4.13. The lowest BCUT2D eigenvalue weighted by atomic mass is 10.2. The number of nitrogens with one attached hydrogen (secondary N) is 1. The van der Waals surface area contributed by atoms with Crippen LogP contribution in [0.2, 0.25) is 0 Å². The maximum atomic E-state index is 14.0. The van der Waals surface area contributed by atoms with Gasteiger partial charge in [0, 0.05) is 31.2 Å². The molecule has 1 saturated heterocycles. The largest absolute Gasteiger partial charge is 0.444 e. The molecule has 23 heavy (non-hydrogen) atoms.